The maximum atomic E-state index is 3.61. The van der Waals surface area contributed by atoms with E-state index in [-0.39, 0.29) is 0 Å². The number of nitrogens with one attached hydrogen (secondary N) is 1. The third-order valence-electron chi connectivity index (χ3n) is 3.62. The maximum Gasteiger partial charge on any atom is 0.0292 e. The molecule has 1 aromatic rings. The van der Waals surface area contributed by atoms with Gasteiger partial charge >= 0.3 is 0 Å². The van der Waals surface area contributed by atoms with Gasteiger partial charge in [-0.3, -0.25) is 0 Å². The molecule has 1 aliphatic heterocycles. The molecule has 1 unspecified atom stereocenters. The Labute approximate surface area is 105 Å². The van der Waals surface area contributed by atoms with Crippen molar-refractivity contribution in [3.8, 4) is 0 Å². The van der Waals surface area contributed by atoms with Crippen molar-refractivity contribution >= 4 is 0 Å². The largest absolute Gasteiger partial charge is 0.309 e. The van der Waals surface area contributed by atoms with Crippen molar-refractivity contribution in [2.45, 2.75) is 32.7 Å². The molecule has 0 aromatic heterocycles. The Balaban J connectivity index is 1.74. The van der Waals surface area contributed by atoms with Crippen LogP contribution in [0.3, 0.4) is 0 Å². The Hall–Kier alpha value is -0.860. The van der Waals surface area contributed by atoms with E-state index in [4.69, 9.17) is 0 Å². The van der Waals surface area contributed by atoms with E-state index in [2.05, 4.69) is 48.3 Å². The highest BCUT2D eigenvalue weighted by Crippen LogP contribution is 2.13. The van der Waals surface area contributed by atoms with Crippen LogP contribution < -0.4 is 5.32 Å². The second-order valence-corrected chi connectivity index (χ2v) is 5.14. The van der Waals surface area contributed by atoms with Gasteiger partial charge in [-0.2, -0.15) is 0 Å². The van der Waals surface area contributed by atoms with Crippen molar-refractivity contribution in [3.05, 3.63) is 35.4 Å². The zero-order valence-corrected chi connectivity index (χ0v) is 11.1. The molecule has 1 heterocycles. The van der Waals surface area contributed by atoms with Crippen LogP contribution in [0.2, 0.25) is 0 Å². The summed E-state index contributed by atoms with van der Waals surface area (Å²) in [6.07, 6.45) is 2.76. The molecule has 0 amide bonds. The van der Waals surface area contributed by atoms with Gasteiger partial charge in [0.05, 0.1) is 0 Å². The van der Waals surface area contributed by atoms with Crippen molar-refractivity contribution in [2.75, 3.05) is 26.2 Å². The minimum Gasteiger partial charge on any atom is -0.309 e. The fraction of sp³-hybridized carbons (Fsp3) is 0.600. The molecular weight excluding hydrogens is 208 g/mol. The molecule has 1 N–H and O–H groups in total. The zero-order chi connectivity index (χ0) is 12.1. The van der Waals surface area contributed by atoms with Crippen molar-refractivity contribution in [2.24, 2.45) is 0 Å². The van der Waals surface area contributed by atoms with E-state index >= 15 is 0 Å². The van der Waals surface area contributed by atoms with E-state index in [0.717, 1.165) is 6.54 Å². The molecule has 0 bridgehead atoms. The highest BCUT2D eigenvalue weighted by molar-refractivity contribution is 5.24. The van der Waals surface area contributed by atoms with Crippen LogP contribution in [-0.4, -0.2) is 31.1 Å². The quantitative estimate of drug-likeness (QED) is 0.840. The SMILES string of the molecule is Cc1cccc(C(C)NCCN2CCCC2)c1. The predicted molar refractivity (Wildman–Crippen MR) is 73.3 cm³/mol. The van der Waals surface area contributed by atoms with Gasteiger partial charge < -0.3 is 10.2 Å². The van der Waals surface area contributed by atoms with Crippen LogP contribution in [0.1, 0.15) is 36.9 Å². The lowest BCUT2D eigenvalue weighted by Gasteiger charge is -2.18. The van der Waals surface area contributed by atoms with E-state index in [9.17, 15) is 0 Å². The summed E-state index contributed by atoms with van der Waals surface area (Å²) in [4.78, 5) is 2.55. The second-order valence-electron chi connectivity index (χ2n) is 5.14. The number of benzene rings is 1. The number of nitrogens with zero attached hydrogens (tertiary/aromatic N) is 1. The summed E-state index contributed by atoms with van der Waals surface area (Å²) in [5, 5.41) is 3.61. The number of hydrogen-bond donors (Lipinski definition) is 1. The summed E-state index contributed by atoms with van der Waals surface area (Å²) in [7, 11) is 0. The maximum absolute atomic E-state index is 3.61. The average molecular weight is 232 g/mol. The van der Waals surface area contributed by atoms with Crippen LogP contribution in [0.25, 0.3) is 0 Å². The first-order valence-electron chi connectivity index (χ1n) is 6.78. The summed E-state index contributed by atoms with van der Waals surface area (Å²) >= 11 is 0. The van der Waals surface area contributed by atoms with Gasteiger partial charge in [0.15, 0.2) is 0 Å². The van der Waals surface area contributed by atoms with Gasteiger partial charge in [0.1, 0.15) is 0 Å². The molecule has 1 fully saturated rings. The third-order valence-corrected chi connectivity index (χ3v) is 3.62. The zero-order valence-electron chi connectivity index (χ0n) is 11.1. The van der Waals surface area contributed by atoms with Crippen LogP contribution in [0, 0.1) is 6.92 Å². The molecule has 1 aromatic carbocycles. The molecular formula is C15H24N2. The van der Waals surface area contributed by atoms with Gasteiger partial charge in [0.25, 0.3) is 0 Å². The normalized spacial score (nSPS) is 18.5. The Kier molecular flexibility index (Phi) is 4.57. The summed E-state index contributed by atoms with van der Waals surface area (Å²) in [6, 6.07) is 9.23. The van der Waals surface area contributed by atoms with E-state index < -0.39 is 0 Å². The summed E-state index contributed by atoms with van der Waals surface area (Å²) in [6.45, 7) is 9.27. The summed E-state index contributed by atoms with van der Waals surface area (Å²) in [5.74, 6) is 0. The number of hydrogen-bond acceptors (Lipinski definition) is 2. The minimum atomic E-state index is 0.456. The fourth-order valence-corrected chi connectivity index (χ4v) is 2.50. The van der Waals surface area contributed by atoms with E-state index in [1.54, 1.807) is 0 Å². The monoisotopic (exact) mass is 232 g/mol. The summed E-state index contributed by atoms with van der Waals surface area (Å²) in [5.41, 5.74) is 2.74. The molecule has 2 heteroatoms. The van der Waals surface area contributed by atoms with Crippen molar-refractivity contribution in [1.29, 1.82) is 0 Å². The van der Waals surface area contributed by atoms with Crippen molar-refractivity contribution < 1.29 is 0 Å². The molecule has 1 aliphatic rings. The van der Waals surface area contributed by atoms with Gasteiger partial charge in [-0.25, -0.2) is 0 Å². The molecule has 0 aliphatic carbocycles. The lowest BCUT2D eigenvalue weighted by atomic mass is 10.1. The van der Waals surface area contributed by atoms with Gasteiger partial charge in [-0.15, -0.1) is 0 Å². The first kappa shape index (κ1) is 12.6. The van der Waals surface area contributed by atoms with Crippen molar-refractivity contribution in [1.82, 2.24) is 10.2 Å². The smallest absolute Gasteiger partial charge is 0.0292 e. The second kappa shape index (κ2) is 6.18. The molecule has 2 nitrogen and oxygen atoms in total. The average Bonchev–Trinajstić information content (AvgIpc) is 2.82. The van der Waals surface area contributed by atoms with E-state index in [0.29, 0.717) is 6.04 Å². The molecule has 2 rings (SSSR count). The van der Waals surface area contributed by atoms with Gasteiger partial charge in [0.2, 0.25) is 0 Å². The number of likely N-dealkylation sites (tertiary alicyclic amines) is 1. The van der Waals surface area contributed by atoms with Gasteiger partial charge in [-0.05, 0) is 45.3 Å². The molecule has 1 saturated heterocycles. The highest BCUT2D eigenvalue weighted by atomic mass is 15.1. The van der Waals surface area contributed by atoms with E-state index in [1.807, 2.05) is 0 Å². The third kappa shape index (κ3) is 3.83. The Bertz CT molecular complexity index is 343. The molecule has 0 saturated carbocycles. The Morgan fingerprint density at radius 2 is 2.06 bits per heavy atom. The lowest BCUT2D eigenvalue weighted by Crippen LogP contribution is -2.31. The van der Waals surface area contributed by atoms with Crippen LogP contribution in [0.15, 0.2) is 24.3 Å². The Morgan fingerprint density at radius 1 is 1.29 bits per heavy atom. The topological polar surface area (TPSA) is 15.3 Å². The standard InChI is InChI=1S/C15H24N2/c1-13-6-5-7-15(12-13)14(2)16-8-11-17-9-3-4-10-17/h5-7,12,14,16H,3-4,8-11H2,1-2H3. The highest BCUT2D eigenvalue weighted by Gasteiger charge is 2.11. The first-order valence-corrected chi connectivity index (χ1v) is 6.78. The van der Waals surface area contributed by atoms with Crippen molar-refractivity contribution in [3.63, 3.8) is 0 Å². The Morgan fingerprint density at radius 3 is 2.76 bits per heavy atom. The van der Waals surface area contributed by atoms with Gasteiger partial charge in [-0.1, -0.05) is 29.8 Å². The molecule has 94 valence electrons. The first-order chi connectivity index (χ1) is 8.25. The van der Waals surface area contributed by atoms with Crippen LogP contribution in [0.5, 0.6) is 0 Å². The van der Waals surface area contributed by atoms with Gasteiger partial charge in [0, 0.05) is 19.1 Å². The minimum absolute atomic E-state index is 0.456. The van der Waals surface area contributed by atoms with Crippen LogP contribution >= 0.6 is 0 Å². The molecule has 0 radical (unpaired) electrons. The van der Waals surface area contributed by atoms with Crippen LogP contribution in [-0.2, 0) is 0 Å². The number of rotatable bonds is 5. The molecule has 17 heavy (non-hydrogen) atoms. The number of aryl methyl sites for hydroxylation is 1. The fourth-order valence-electron chi connectivity index (χ4n) is 2.50. The van der Waals surface area contributed by atoms with Crippen LogP contribution in [0.4, 0.5) is 0 Å². The summed E-state index contributed by atoms with van der Waals surface area (Å²) < 4.78 is 0. The lowest BCUT2D eigenvalue weighted by molar-refractivity contribution is 0.330. The predicted octanol–water partition coefficient (Wildman–Crippen LogP) is 2.74. The molecule has 0 spiro atoms. The molecule has 1 atom stereocenters. The van der Waals surface area contributed by atoms with E-state index in [1.165, 1.54) is 43.6 Å².